The van der Waals surface area contributed by atoms with Gasteiger partial charge in [0.15, 0.2) is 5.84 Å². The summed E-state index contributed by atoms with van der Waals surface area (Å²) in [4.78, 5) is 16.3. The molecule has 0 aliphatic carbocycles. The number of hydrogen-bond acceptors (Lipinski definition) is 4. The molecule has 0 aromatic heterocycles. The lowest BCUT2D eigenvalue weighted by Gasteiger charge is -2.35. The molecule has 1 amide bonds. The van der Waals surface area contributed by atoms with Gasteiger partial charge in [0.2, 0.25) is 5.91 Å². The molecule has 122 valence electrons. The van der Waals surface area contributed by atoms with Crippen molar-refractivity contribution in [2.24, 2.45) is 22.2 Å². The number of nitrogens with two attached hydrogens (primary N) is 1. The molecular weight excluding hydrogens is 268 g/mol. The lowest BCUT2D eigenvalue weighted by molar-refractivity contribution is -0.133. The Bertz CT molecular complexity index is 368. The first-order chi connectivity index (χ1) is 9.71. The van der Waals surface area contributed by atoms with Crippen LogP contribution in [0.15, 0.2) is 5.16 Å². The Kier molecular flexibility index (Phi) is 6.45. The summed E-state index contributed by atoms with van der Waals surface area (Å²) in [6.45, 7) is 12.2. The second-order valence-corrected chi connectivity index (χ2v) is 7.32. The number of nitrogens with zero attached hydrogens (tertiary/aromatic N) is 3. The number of oxime groups is 1. The van der Waals surface area contributed by atoms with Crippen LogP contribution in [0.3, 0.4) is 0 Å². The van der Waals surface area contributed by atoms with Crippen molar-refractivity contribution >= 4 is 11.7 Å². The molecule has 0 radical (unpaired) electrons. The van der Waals surface area contributed by atoms with Gasteiger partial charge in [-0.25, -0.2) is 0 Å². The third-order valence-corrected chi connectivity index (χ3v) is 3.72. The Morgan fingerprint density at radius 3 is 2.33 bits per heavy atom. The Morgan fingerprint density at radius 1 is 1.29 bits per heavy atom. The van der Waals surface area contributed by atoms with E-state index >= 15 is 0 Å². The topological polar surface area (TPSA) is 82.2 Å². The van der Waals surface area contributed by atoms with Gasteiger partial charge in [0.1, 0.15) is 0 Å². The molecule has 1 atom stereocenters. The molecule has 1 fully saturated rings. The van der Waals surface area contributed by atoms with E-state index in [4.69, 9.17) is 10.9 Å². The predicted molar refractivity (Wildman–Crippen MR) is 84.3 cm³/mol. The highest BCUT2D eigenvalue weighted by Gasteiger charge is 2.24. The van der Waals surface area contributed by atoms with Gasteiger partial charge < -0.3 is 15.8 Å². The van der Waals surface area contributed by atoms with Crippen molar-refractivity contribution < 1.29 is 10.0 Å². The zero-order valence-electron chi connectivity index (χ0n) is 13.8. The van der Waals surface area contributed by atoms with Crippen LogP contribution in [-0.2, 0) is 4.79 Å². The van der Waals surface area contributed by atoms with E-state index < -0.39 is 0 Å². The molecule has 0 saturated carbocycles. The maximum atomic E-state index is 12.3. The summed E-state index contributed by atoms with van der Waals surface area (Å²) >= 11 is 0. The van der Waals surface area contributed by atoms with Gasteiger partial charge in [0.05, 0.1) is 6.54 Å². The summed E-state index contributed by atoms with van der Waals surface area (Å²) in [5.41, 5.74) is 5.76. The molecule has 0 bridgehead atoms. The number of rotatable bonds is 5. The fourth-order valence-electron chi connectivity index (χ4n) is 2.96. The standard InChI is InChI=1S/C15H30N4O2/c1-12(10-15(2,3)4)9-14(20)19-7-5-18(6-8-19)11-13(16)17-21/h12,21H,5-11H2,1-4H3,(H2,16,17). The number of amidine groups is 1. The SMILES string of the molecule is CC(CC(=O)N1CCN(CC(N)=NO)CC1)CC(C)(C)C. The molecular formula is C15H30N4O2. The number of piperazine rings is 1. The molecule has 6 heteroatoms. The van der Waals surface area contributed by atoms with Crippen molar-refractivity contribution in [3.8, 4) is 0 Å². The Hall–Kier alpha value is -1.30. The molecule has 1 heterocycles. The van der Waals surface area contributed by atoms with Crippen LogP contribution in [0.4, 0.5) is 0 Å². The van der Waals surface area contributed by atoms with Crippen LogP contribution in [0.25, 0.3) is 0 Å². The lowest BCUT2D eigenvalue weighted by atomic mass is 9.84. The molecule has 3 N–H and O–H groups in total. The van der Waals surface area contributed by atoms with Crippen LogP contribution >= 0.6 is 0 Å². The summed E-state index contributed by atoms with van der Waals surface area (Å²) in [6.07, 6.45) is 1.68. The molecule has 1 aliphatic heterocycles. The van der Waals surface area contributed by atoms with Gasteiger partial charge in [0.25, 0.3) is 0 Å². The monoisotopic (exact) mass is 298 g/mol. The van der Waals surface area contributed by atoms with Crippen LogP contribution in [0.1, 0.15) is 40.5 Å². The minimum Gasteiger partial charge on any atom is -0.409 e. The van der Waals surface area contributed by atoms with Gasteiger partial charge >= 0.3 is 0 Å². The molecule has 0 aromatic carbocycles. The summed E-state index contributed by atoms with van der Waals surface area (Å²) in [7, 11) is 0. The van der Waals surface area contributed by atoms with E-state index in [1.807, 2.05) is 4.90 Å². The third kappa shape index (κ3) is 6.80. The number of hydrogen-bond donors (Lipinski definition) is 2. The molecule has 0 aromatic rings. The van der Waals surface area contributed by atoms with E-state index in [2.05, 4.69) is 37.8 Å². The second-order valence-electron chi connectivity index (χ2n) is 7.32. The first-order valence-electron chi connectivity index (χ1n) is 7.68. The van der Waals surface area contributed by atoms with Gasteiger partial charge in [-0.3, -0.25) is 9.69 Å². The van der Waals surface area contributed by atoms with E-state index in [-0.39, 0.29) is 17.2 Å². The number of carbonyl (C=O) groups excluding carboxylic acids is 1. The van der Waals surface area contributed by atoms with Gasteiger partial charge in [-0.05, 0) is 17.8 Å². The van der Waals surface area contributed by atoms with Crippen molar-refractivity contribution in [2.75, 3.05) is 32.7 Å². The van der Waals surface area contributed by atoms with E-state index in [1.54, 1.807) is 0 Å². The average Bonchev–Trinajstić information content (AvgIpc) is 2.36. The Balaban J connectivity index is 2.35. The maximum Gasteiger partial charge on any atom is 0.222 e. The zero-order valence-corrected chi connectivity index (χ0v) is 13.8. The number of carbonyl (C=O) groups is 1. The van der Waals surface area contributed by atoms with Crippen LogP contribution in [0.2, 0.25) is 0 Å². The van der Waals surface area contributed by atoms with Crippen LogP contribution in [0, 0.1) is 11.3 Å². The average molecular weight is 298 g/mol. The first-order valence-corrected chi connectivity index (χ1v) is 7.68. The minimum absolute atomic E-state index is 0.216. The molecule has 1 aliphatic rings. The summed E-state index contributed by atoms with van der Waals surface area (Å²) < 4.78 is 0. The van der Waals surface area contributed by atoms with Crippen molar-refractivity contribution in [3.63, 3.8) is 0 Å². The molecule has 6 nitrogen and oxygen atoms in total. The van der Waals surface area contributed by atoms with Gasteiger partial charge in [-0.1, -0.05) is 32.9 Å². The van der Waals surface area contributed by atoms with E-state index in [9.17, 15) is 4.79 Å². The fraction of sp³-hybridized carbons (Fsp3) is 0.867. The summed E-state index contributed by atoms with van der Waals surface area (Å²) in [6, 6.07) is 0. The quantitative estimate of drug-likeness (QED) is 0.347. The van der Waals surface area contributed by atoms with Crippen molar-refractivity contribution in [1.29, 1.82) is 0 Å². The third-order valence-electron chi connectivity index (χ3n) is 3.72. The van der Waals surface area contributed by atoms with Gasteiger partial charge in [-0.2, -0.15) is 0 Å². The van der Waals surface area contributed by atoms with Gasteiger partial charge in [0, 0.05) is 32.6 Å². The first kappa shape index (κ1) is 17.8. The van der Waals surface area contributed by atoms with Crippen molar-refractivity contribution in [3.05, 3.63) is 0 Å². The summed E-state index contributed by atoms with van der Waals surface area (Å²) in [5, 5.41) is 11.6. The normalized spacial score (nSPS) is 19.6. The van der Waals surface area contributed by atoms with Crippen LogP contribution < -0.4 is 5.73 Å². The van der Waals surface area contributed by atoms with E-state index in [0.29, 0.717) is 18.9 Å². The smallest absolute Gasteiger partial charge is 0.222 e. The number of amides is 1. The van der Waals surface area contributed by atoms with E-state index in [0.717, 1.165) is 32.6 Å². The van der Waals surface area contributed by atoms with Crippen molar-refractivity contribution in [2.45, 2.75) is 40.5 Å². The fourth-order valence-corrected chi connectivity index (χ4v) is 2.96. The molecule has 1 unspecified atom stereocenters. The minimum atomic E-state index is 0.216. The van der Waals surface area contributed by atoms with Crippen LogP contribution in [-0.4, -0.2) is 59.5 Å². The van der Waals surface area contributed by atoms with Gasteiger partial charge in [-0.15, -0.1) is 0 Å². The largest absolute Gasteiger partial charge is 0.409 e. The van der Waals surface area contributed by atoms with E-state index in [1.165, 1.54) is 0 Å². The lowest BCUT2D eigenvalue weighted by Crippen LogP contribution is -2.50. The summed E-state index contributed by atoms with van der Waals surface area (Å²) in [5.74, 6) is 0.872. The Morgan fingerprint density at radius 2 is 1.86 bits per heavy atom. The highest BCUT2D eigenvalue weighted by atomic mass is 16.4. The maximum absolute atomic E-state index is 12.3. The molecule has 1 rings (SSSR count). The van der Waals surface area contributed by atoms with Crippen LogP contribution in [0.5, 0.6) is 0 Å². The predicted octanol–water partition coefficient (Wildman–Crippen LogP) is 1.34. The highest BCUT2D eigenvalue weighted by molar-refractivity contribution is 5.81. The zero-order chi connectivity index (χ0) is 16.0. The molecule has 21 heavy (non-hydrogen) atoms. The second kappa shape index (κ2) is 7.64. The molecule has 0 spiro atoms. The highest BCUT2D eigenvalue weighted by Crippen LogP contribution is 2.26. The molecule has 1 saturated heterocycles. The Labute approximate surface area is 128 Å². The van der Waals surface area contributed by atoms with Crippen molar-refractivity contribution in [1.82, 2.24) is 9.80 Å².